The van der Waals surface area contributed by atoms with Crippen LogP contribution < -0.4 is 19.7 Å². The summed E-state index contributed by atoms with van der Waals surface area (Å²) < 4.78 is 65.8. The van der Waals surface area contributed by atoms with Crippen LogP contribution in [0.4, 0.5) is 24.9 Å². The largest absolute Gasteiger partial charge is 0.495 e. The van der Waals surface area contributed by atoms with Crippen molar-refractivity contribution in [3.63, 3.8) is 0 Å². The summed E-state index contributed by atoms with van der Waals surface area (Å²) in [5, 5.41) is 11.4. The molecule has 0 saturated heterocycles. The number of aliphatic carboxylic acids is 1. The van der Waals surface area contributed by atoms with Crippen molar-refractivity contribution in [2.24, 2.45) is 0 Å². The molecule has 0 radical (unpaired) electrons. The summed E-state index contributed by atoms with van der Waals surface area (Å²) in [6.45, 7) is 0.693. The fraction of sp³-hybridized carbons (Fsp3) is 0.222. The number of para-hydroxylation sites is 1. The number of halogens is 4. The highest BCUT2D eigenvalue weighted by atomic mass is 79.9. The van der Waals surface area contributed by atoms with Crippen molar-refractivity contribution in [2.45, 2.75) is 24.2 Å². The number of ether oxygens (including phenoxy) is 1. The van der Waals surface area contributed by atoms with Gasteiger partial charge in [0.1, 0.15) is 16.5 Å². The average molecular weight is 671 g/mol. The van der Waals surface area contributed by atoms with E-state index in [2.05, 4.69) is 35.9 Å². The summed E-state index contributed by atoms with van der Waals surface area (Å²) >= 11 is 3.31. The number of rotatable bonds is 9. The van der Waals surface area contributed by atoms with E-state index < -0.39 is 22.2 Å². The van der Waals surface area contributed by atoms with Crippen LogP contribution in [0.2, 0.25) is 0 Å². The molecule has 42 heavy (non-hydrogen) atoms. The standard InChI is InChI=1S/C25H26BrN5O3S.C2HF3O2/c1-31(2)24-20-6-4-5-7-21(20)29-25(30-24)27-15-17-8-10-18(11-9-17)16-28-35(32,33)23-14-19(26)12-13-22(23)34-3;3-2(4,5)1(6)7/h4-14,28H,15-16H2,1-3H3,(H,27,29,30);(H,6,7). The molecule has 4 aromatic rings. The SMILES string of the molecule is COc1ccc(Br)cc1S(=O)(=O)NCc1ccc(CNc2nc(N(C)C)c3ccccc3n2)cc1.O=C(O)C(F)(F)F. The molecule has 15 heteroatoms. The molecule has 0 aliphatic carbocycles. The highest BCUT2D eigenvalue weighted by molar-refractivity contribution is 9.10. The monoisotopic (exact) mass is 669 g/mol. The van der Waals surface area contributed by atoms with E-state index >= 15 is 0 Å². The summed E-state index contributed by atoms with van der Waals surface area (Å²) in [5.74, 6) is -1.07. The van der Waals surface area contributed by atoms with E-state index in [0.717, 1.165) is 27.8 Å². The Hall–Kier alpha value is -3.95. The van der Waals surface area contributed by atoms with Gasteiger partial charge in [-0.2, -0.15) is 18.2 Å². The number of benzene rings is 3. The minimum atomic E-state index is -5.08. The van der Waals surface area contributed by atoms with Gasteiger partial charge in [-0.05, 0) is 41.5 Å². The van der Waals surface area contributed by atoms with Crippen LogP contribution in [0, 0.1) is 0 Å². The van der Waals surface area contributed by atoms with Crippen molar-refractivity contribution in [2.75, 3.05) is 31.4 Å². The molecule has 0 aliphatic heterocycles. The molecule has 0 atom stereocenters. The highest BCUT2D eigenvalue weighted by Crippen LogP contribution is 2.27. The van der Waals surface area contributed by atoms with Gasteiger partial charge < -0.3 is 20.1 Å². The number of nitrogens with zero attached hydrogens (tertiary/aromatic N) is 3. The van der Waals surface area contributed by atoms with Crippen LogP contribution in [-0.4, -0.2) is 56.8 Å². The number of hydrogen-bond donors (Lipinski definition) is 3. The van der Waals surface area contributed by atoms with Gasteiger partial charge in [-0.15, -0.1) is 0 Å². The molecule has 3 aromatic carbocycles. The van der Waals surface area contributed by atoms with E-state index in [1.807, 2.05) is 67.5 Å². The molecular weight excluding hydrogens is 643 g/mol. The lowest BCUT2D eigenvalue weighted by Crippen LogP contribution is -2.23. The Bertz CT molecular complexity index is 1650. The van der Waals surface area contributed by atoms with Crippen LogP contribution in [0.5, 0.6) is 5.75 Å². The van der Waals surface area contributed by atoms with Crippen LogP contribution in [0.3, 0.4) is 0 Å². The molecule has 0 unspecified atom stereocenters. The molecule has 0 spiro atoms. The maximum Gasteiger partial charge on any atom is 0.490 e. The first-order valence-electron chi connectivity index (χ1n) is 12.1. The smallest absolute Gasteiger partial charge is 0.490 e. The van der Waals surface area contributed by atoms with E-state index in [1.165, 1.54) is 13.2 Å². The predicted octanol–water partition coefficient (Wildman–Crippen LogP) is 5.19. The van der Waals surface area contributed by atoms with E-state index in [1.54, 1.807) is 12.1 Å². The van der Waals surface area contributed by atoms with Crippen LogP contribution in [0.15, 0.2) is 76.1 Å². The van der Waals surface area contributed by atoms with Crippen molar-refractivity contribution < 1.29 is 36.2 Å². The number of carboxylic acid groups (broad SMARTS) is 1. The van der Waals surface area contributed by atoms with Crippen LogP contribution >= 0.6 is 15.9 Å². The number of carbonyl (C=O) groups is 1. The van der Waals surface area contributed by atoms with Gasteiger partial charge in [-0.3, -0.25) is 0 Å². The molecule has 1 heterocycles. The summed E-state index contributed by atoms with van der Waals surface area (Å²) in [4.78, 5) is 20.2. The summed E-state index contributed by atoms with van der Waals surface area (Å²) in [6, 6.07) is 20.5. The van der Waals surface area contributed by atoms with Gasteiger partial charge in [-0.1, -0.05) is 52.3 Å². The Balaban J connectivity index is 0.000000616. The second-order valence-corrected chi connectivity index (χ2v) is 11.5. The number of aromatic nitrogens is 2. The molecule has 0 bridgehead atoms. The zero-order chi connectivity index (χ0) is 31.1. The minimum absolute atomic E-state index is 0.0858. The molecule has 1 aromatic heterocycles. The molecule has 3 N–H and O–H groups in total. The van der Waals surface area contributed by atoms with E-state index in [-0.39, 0.29) is 17.2 Å². The summed E-state index contributed by atoms with van der Waals surface area (Å²) in [6.07, 6.45) is -5.08. The Kier molecular flexibility index (Phi) is 10.7. The molecule has 0 fully saturated rings. The van der Waals surface area contributed by atoms with Crippen molar-refractivity contribution in [1.29, 1.82) is 0 Å². The molecule has 224 valence electrons. The fourth-order valence-corrected chi connectivity index (χ4v) is 5.28. The summed E-state index contributed by atoms with van der Waals surface area (Å²) in [5.41, 5.74) is 2.73. The third-order valence-corrected chi connectivity index (χ3v) is 7.52. The van der Waals surface area contributed by atoms with Gasteiger partial charge in [0.05, 0.1) is 12.6 Å². The Morgan fingerprint density at radius 1 is 1.00 bits per heavy atom. The van der Waals surface area contributed by atoms with Crippen LogP contribution in [0.1, 0.15) is 11.1 Å². The van der Waals surface area contributed by atoms with E-state index in [9.17, 15) is 21.6 Å². The van der Waals surface area contributed by atoms with Crippen molar-refractivity contribution >= 4 is 54.6 Å². The number of alkyl halides is 3. The summed E-state index contributed by atoms with van der Waals surface area (Å²) in [7, 11) is 1.61. The zero-order valence-electron chi connectivity index (χ0n) is 22.6. The number of fused-ring (bicyclic) bond motifs is 1. The average Bonchev–Trinajstić information content (AvgIpc) is 2.95. The van der Waals surface area contributed by atoms with E-state index in [0.29, 0.717) is 17.0 Å². The van der Waals surface area contributed by atoms with E-state index in [4.69, 9.17) is 14.6 Å². The minimum Gasteiger partial charge on any atom is -0.495 e. The van der Waals surface area contributed by atoms with Gasteiger partial charge in [0.25, 0.3) is 0 Å². The number of methoxy groups -OCH3 is 1. The maximum atomic E-state index is 12.8. The van der Waals surface area contributed by atoms with Gasteiger partial charge >= 0.3 is 12.1 Å². The Labute approximate surface area is 248 Å². The third kappa shape index (κ3) is 8.77. The lowest BCUT2D eigenvalue weighted by Gasteiger charge is -2.16. The molecular formula is C27H27BrF3N5O5S. The quantitative estimate of drug-likeness (QED) is 0.220. The number of anilines is 2. The Morgan fingerprint density at radius 3 is 2.17 bits per heavy atom. The highest BCUT2D eigenvalue weighted by Gasteiger charge is 2.38. The zero-order valence-corrected chi connectivity index (χ0v) is 25.0. The first-order chi connectivity index (χ1) is 19.7. The van der Waals surface area contributed by atoms with Crippen molar-refractivity contribution in [1.82, 2.24) is 14.7 Å². The predicted molar refractivity (Wildman–Crippen MR) is 156 cm³/mol. The topological polar surface area (TPSA) is 134 Å². The van der Waals surface area contributed by atoms with Crippen LogP contribution in [-0.2, 0) is 27.9 Å². The van der Waals surface area contributed by atoms with Crippen molar-refractivity contribution in [3.8, 4) is 5.75 Å². The van der Waals surface area contributed by atoms with Gasteiger partial charge in [-0.25, -0.2) is 22.9 Å². The lowest BCUT2D eigenvalue weighted by molar-refractivity contribution is -0.192. The first kappa shape index (κ1) is 32.6. The normalized spacial score (nSPS) is 11.4. The Morgan fingerprint density at radius 2 is 1.60 bits per heavy atom. The van der Waals surface area contributed by atoms with Crippen molar-refractivity contribution in [3.05, 3.63) is 82.3 Å². The molecule has 0 amide bonds. The number of nitrogens with one attached hydrogen (secondary N) is 2. The van der Waals surface area contributed by atoms with Gasteiger partial charge in [0, 0.05) is 37.0 Å². The molecule has 10 nitrogen and oxygen atoms in total. The second-order valence-electron chi connectivity index (χ2n) is 8.88. The molecule has 0 saturated carbocycles. The van der Waals surface area contributed by atoms with Gasteiger partial charge in [0.2, 0.25) is 16.0 Å². The maximum absolute atomic E-state index is 12.8. The first-order valence-corrected chi connectivity index (χ1v) is 14.4. The number of carboxylic acids is 1. The fourth-order valence-electron chi connectivity index (χ4n) is 3.55. The molecule has 0 aliphatic rings. The third-order valence-electron chi connectivity index (χ3n) is 5.60. The number of sulfonamides is 1. The van der Waals surface area contributed by atoms with Gasteiger partial charge in [0.15, 0.2) is 0 Å². The second kappa shape index (κ2) is 13.8. The van der Waals surface area contributed by atoms with Crippen LogP contribution in [0.25, 0.3) is 10.9 Å². The molecule has 4 rings (SSSR count). The number of hydrogen-bond acceptors (Lipinski definition) is 8. The lowest BCUT2D eigenvalue weighted by atomic mass is 10.1.